The number of nitrogens with one attached hydrogen (secondary N) is 1. The van der Waals surface area contributed by atoms with Gasteiger partial charge in [-0.1, -0.05) is 30.3 Å². The van der Waals surface area contributed by atoms with Gasteiger partial charge in [0.1, 0.15) is 0 Å². The monoisotopic (exact) mass is 302 g/mol. The number of piperazine rings is 1. The molecule has 1 fully saturated rings. The van der Waals surface area contributed by atoms with Crippen LogP contribution in [0.15, 0.2) is 36.5 Å². The molecule has 0 spiro atoms. The molecule has 0 saturated carbocycles. The van der Waals surface area contributed by atoms with Crippen LogP contribution in [0.4, 0.5) is 5.13 Å². The van der Waals surface area contributed by atoms with Crippen molar-refractivity contribution in [2.45, 2.75) is 13.1 Å². The first-order chi connectivity index (χ1) is 10.3. The molecular formula is C16H22N4S. The van der Waals surface area contributed by atoms with E-state index in [2.05, 4.69) is 50.4 Å². The molecule has 0 radical (unpaired) electrons. The van der Waals surface area contributed by atoms with Crippen molar-refractivity contribution < 1.29 is 0 Å². The van der Waals surface area contributed by atoms with Gasteiger partial charge in [-0.2, -0.15) is 0 Å². The Bertz CT molecular complexity index is 546. The third-order valence-corrected chi connectivity index (χ3v) is 4.84. The number of rotatable bonds is 5. The van der Waals surface area contributed by atoms with Crippen molar-refractivity contribution in [1.29, 1.82) is 0 Å². The first kappa shape index (κ1) is 14.5. The molecular weight excluding hydrogens is 280 g/mol. The molecule has 1 aliphatic heterocycles. The van der Waals surface area contributed by atoms with E-state index in [1.807, 2.05) is 13.2 Å². The van der Waals surface area contributed by atoms with Crippen molar-refractivity contribution in [3.63, 3.8) is 0 Å². The highest BCUT2D eigenvalue weighted by molar-refractivity contribution is 7.15. The number of aromatic nitrogens is 1. The van der Waals surface area contributed by atoms with Crippen molar-refractivity contribution in [3.8, 4) is 0 Å². The summed E-state index contributed by atoms with van der Waals surface area (Å²) in [5, 5.41) is 4.34. The highest BCUT2D eigenvalue weighted by Crippen LogP contribution is 2.23. The Kier molecular flexibility index (Phi) is 4.85. The lowest BCUT2D eigenvalue weighted by atomic mass is 10.2. The van der Waals surface area contributed by atoms with Crippen molar-refractivity contribution in [1.82, 2.24) is 15.2 Å². The van der Waals surface area contributed by atoms with Gasteiger partial charge in [-0.3, -0.25) is 4.90 Å². The Morgan fingerprint density at radius 3 is 2.62 bits per heavy atom. The minimum Gasteiger partial charge on any atom is -0.346 e. The van der Waals surface area contributed by atoms with Gasteiger partial charge in [-0.25, -0.2) is 4.98 Å². The Labute approximate surface area is 130 Å². The number of hydrogen-bond donors (Lipinski definition) is 1. The average molecular weight is 302 g/mol. The third kappa shape index (κ3) is 3.81. The van der Waals surface area contributed by atoms with E-state index in [0.29, 0.717) is 0 Å². The first-order valence-corrected chi connectivity index (χ1v) is 8.27. The van der Waals surface area contributed by atoms with Crippen molar-refractivity contribution in [2.75, 3.05) is 38.1 Å². The largest absolute Gasteiger partial charge is 0.346 e. The lowest BCUT2D eigenvalue weighted by Crippen LogP contribution is -2.45. The van der Waals surface area contributed by atoms with Crippen molar-refractivity contribution in [2.24, 2.45) is 0 Å². The van der Waals surface area contributed by atoms with Crippen LogP contribution in [0, 0.1) is 0 Å². The Hall–Kier alpha value is -1.43. The van der Waals surface area contributed by atoms with E-state index in [0.717, 1.165) is 39.3 Å². The fourth-order valence-electron chi connectivity index (χ4n) is 2.64. The summed E-state index contributed by atoms with van der Waals surface area (Å²) >= 11 is 1.80. The minimum atomic E-state index is 0.908. The lowest BCUT2D eigenvalue weighted by Gasteiger charge is -2.34. The Balaban J connectivity index is 1.52. The molecule has 1 aromatic carbocycles. The second-order valence-electron chi connectivity index (χ2n) is 5.39. The molecule has 1 aliphatic rings. The normalized spacial score (nSPS) is 16.3. The summed E-state index contributed by atoms with van der Waals surface area (Å²) in [6, 6.07) is 10.7. The standard InChI is InChI=1S/C16H22N4S/c1-17-11-15-12-18-16(21-15)20-9-7-19(8-10-20)13-14-5-3-2-4-6-14/h2-6,12,17H,7-11,13H2,1H3. The summed E-state index contributed by atoms with van der Waals surface area (Å²) < 4.78 is 0. The zero-order valence-electron chi connectivity index (χ0n) is 12.5. The second kappa shape index (κ2) is 7.02. The van der Waals surface area contributed by atoms with Gasteiger partial charge in [-0.05, 0) is 12.6 Å². The zero-order chi connectivity index (χ0) is 14.5. The van der Waals surface area contributed by atoms with Gasteiger partial charge in [0.05, 0.1) is 0 Å². The molecule has 1 N–H and O–H groups in total. The highest BCUT2D eigenvalue weighted by Gasteiger charge is 2.19. The first-order valence-electron chi connectivity index (χ1n) is 7.45. The Morgan fingerprint density at radius 1 is 1.14 bits per heavy atom. The molecule has 112 valence electrons. The van der Waals surface area contributed by atoms with E-state index < -0.39 is 0 Å². The van der Waals surface area contributed by atoms with Crippen LogP contribution in [0.3, 0.4) is 0 Å². The van der Waals surface area contributed by atoms with Crippen molar-refractivity contribution >= 4 is 16.5 Å². The summed E-state index contributed by atoms with van der Waals surface area (Å²) in [4.78, 5) is 10.8. The molecule has 0 atom stereocenters. The summed E-state index contributed by atoms with van der Waals surface area (Å²) in [6.07, 6.45) is 1.99. The number of hydrogen-bond acceptors (Lipinski definition) is 5. The molecule has 1 saturated heterocycles. The molecule has 21 heavy (non-hydrogen) atoms. The SMILES string of the molecule is CNCc1cnc(N2CCN(Cc3ccccc3)CC2)s1. The van der Waals surface area contributed by atoms with Crippen LogP contribution in [-0.4, -0.2) is 43.1 Å². The number of anilines is 1. The molecule has 2 heterocycles. The number of benzene rings is 1. The highest BCUT2D eigenvalue weighted by atomic mass is 32.1. The van der Waals surface area contributed by atoms with E-state index >= 15 is 0 Å². The summed E-state index contributed by atoms with van der Waals surface area (Å²) in [7, 11) is 1.97. The van der Waals surface area contributed by atoms with Crippen LogP contribution in [0.5, 0.6) is 0 Å². The second-order valence-corrected chi connectivity index (χ2v) is 6.48. The number of thiazole rings is 1. The van der Waals surface area contributed by atoms with Crippen LogP contribution >= 0.6 is 11.3 Å². The molecule has 0 unspecified atom stereocenters. The molecule has 2 aromatic rings. The van der Waals surface area contributed by atoms with Gasteiger partial charge in [0.2, 0.25) is 0 Å². The Morgan fingerprint density at radius 2 is 1.90 bits per heavy atom. The van der Waals surface area contributed by atoms with Crippen LogP contribution in [0.25, 0.3) is 0 Å². The maximum absolute atomic E-state index is 4.55. The molecule has 0 amide bonds. The predicted molar refractivity (Wildman–Crippen MR) is 88.8 cm³/mol. The summed E-state index contributed by atoms with van der Waals surface area (Å²) in [5.41, 5.74) is 1.40. The van der Waals surface area contributed by atoms with Gasteiger partial charge in [0, 0.05) is 50.3 Å². The molecule has 3 rings (SSSR count). The van der Waals surface area contributed by atoms with Crippen LogP contribution in [-0.2, 0) is 13.1 Å². The van der Waals surface area contributed by atoms with Gasteiger partial charge in [0.15, 0.2) is 5.13 Å². The smallest absolute Gasteiger partial charge is 0.185 e. The summed E-state index contributed by atoms with van der Waals surface area (Å²) in [5.74, 6) is 0. The van der Waals surface area contributed by atoms with Crippen LogP contribution in [0.1, 0.15) is 10.4 Å². The lowest BCUT2D eigenvalue weighted by molar-refractivity contribution is 0.250. The topological polar surface area (TPSA) is 31.4 Å². The van der Waals surface area contributed by atoms with Gasteiger partial charge >= 0.3 is 0 Å². The number of nitrogens with zero attached hydrogens (tertiary/aromatic N) is 3. The van der Waals surface area contributed by atoms with Crippen LogP contribution < -0.4 is 10.2 Å². The average Bonchev–Trinajstić information content (AvgIpc) is 2.98. The van der Waals surface area contributed by atoms with Crippen molar-refractivity contribution in [3.05, 3.63) is 47.0 Å². The molecule has 5 heteroatoms. The predicted octanol–water partition coefficient (Wildman–Crippen LogP) is 2.18. The van der Waals surface area contributed by atoms with E-state index in [-0.39, 0.29) is 0 Å². The maximum Gasteiger partial charge on any atom is 0.185 e. The molecule has 4 nitrogen and oxygen atoms in total. The van der Waals surface area contributed by atoms with E-state index in [1.54, 1.807) is 11.3 Å². The van der Waals surface area contributed by atoms with Gasteiger partial charge in [0.25, 0.3) is 0 Å². The van der Waals surface area contributed by atoms with Gasteiger partial charge in [-0.15, -0.1) is 11.3 Å². The fourth-order valence-corrected chi connectivity index (χ4v) is 3.61. The maximum atomic E-state index is 4.55. The minimum absolute atomic E-state index is 0.908. The molecule has 1 aromatic heterocycles. The van der Waals surface area contributed by atoms with Crippen LogP contribution in [0.2, 0.25) is 0 Å². The fraction of sp³-hybridized carbons (Fsp3) is 0.438. The van der Waals surface area contributed by atoms with Gasteiger partial charge < -0.3 is 10.2 Å². The molecule has 0 aliphatic carbocycles. The third-order valence-electron chi connectivity index (χ3n) is 3.78. The van der Waals surface area contributed by atoms with E-state index in [1.165, 1.54) is 15.6 Å². The summed E-state index contributed by atoms with van der Waals surface area (Å²) in [6.45, 7) is 6.31. The van der Waals surface area contributed by atoms with E-state index in [9.17, 15) is 0 Å². The quantitative estimate of drug-likeness (QED) is 0.917. The zero-order valence-corrected chi connectivity index (χ0v) is 13.3. The van der Waals surface area contributed by atoms with E-state index in [4.69, 9.17) is 0 Å². The molecule has 0 bridgehead atoms.